The van der Waals surface area contributed by atoms with Crippen LogP contribution in [0.2, 0.25) is 0 Å². The van der Waals surface area contributed by atoms with Crippen molar-refractivity contribution >= 4 is 11.8 Å². The standard InChI is InChI=1S/C11H15N3O3/c1-17-8-3-2-6-14(7-8)10-9(11(15)16)12-4-5-13-10/h4-5,8H,2-3,6-7H2,1H3,(H,15,16). The number of anilines is 1. The summed E-state index contributed by atoms with van der Waals surface area (Å²) in [6, 6.07) is 0. The smallest absolute Gasteiger partial charge is 0.358 e. The van der Waals surface area contributed by atoms with E-state index in [9.17, 15) is 4.79 Å². The van der Waals surface area contributed by atoms with Crippen molar-refractivity contribution in [2.75, 3.05) is 25.1 Å². The first-order valence-electron chi connectivity index (χ1n) is 5.54. The highest BCUT2D eigenvalue weighted by molar-refractivity contribution is 5.90. The first-order valence-corrected chi connectivity index (χ1v) is 5.54. The maximum atomic E-state index is 11.1. The zero-order chi connectivity index (χ0) is 12.3. The van der Waals surface area contributed by atoms with Gasteiger partial charge in [0.2, 0.25) is 0 Å². The van der Waals surface area contributed by atoms with E-state index in [2.05, 4.69) is 9.97 Å². The van der Waals surface area contributed by atoms with E-state index in [4.69, 9.17) is 9.84 Å². The number of piperidine rings is 1. The van der Waals surface area contributed by atoms with Crippen molar-refractivity contribution in [3.63, 3.8) is 0 Å². The zero-order valence-electron chi connectivity index (χ0n) is 9.67. The lowest BCUT2D eigenvalue weighted by Crippen LogP contribution is -2.40. The minimum atomic E-state index is -1.05. The summed E-state index contributed by atoms with van der Waals surface area (Å²) in [5, 5.41) is 9.06. The van der Waals surface area contributed by atoms with Crippen LogP contribution in [0.15, 0.2) is 12.4 Å². The van der Waals surface area contributed by atoms with Crippen LogP contribution >= 0.6 is 0 Å². The quantitative estimate of drug-likeness (QED) is 0.837. The second kappa shape index (κ2) is 5.09. The van der Waals surface area contributed by atoms with Crippen LogP contribution < -0.4 is 4.90 Å². The Balaban J connectivity index is 2.24. The lowest BCUT2D eigenvalue weighted by atomic mass is 10.1. The molecule has 1 N–H and O–H groups in total. The Bertz CT molecular complexity index is 411. The van der Waals surface area contributed by atoms with Crippen LogP contribution in [0.3, 0.4) is 0 Å². The van der Waals surface area contributed by atoms with Gasteiger partial charge in [-0.05, 0) is 12.8 Å². The molecule has 1 aromatic heterocycles. The number of carboxylic acid groups (broad SMARTS) is 1. The summed E-state index contributed by atoms with van der Waals surface area (Å²) in [6.45, 7) is 1.45. The Labute approximate surface area is 99.2 Å². The minimum Gasteiger partial charge on any atom is -0.476 e. The number of ether oxygens (including phenoxy) is 1. The first kappa shape index (κ1) is 11.8. The lowest BCUT2D eigenvalue weighted by molar-refractivity contribution is 0.0688. The number of aromatic nitrogens is 2. The SMILES string of the molecule is COC1CCCN(c2nccnc2C(=O)O)C1. The van der Waals surface area contributed by atoms with Gasteiger partial charge in [0.1, 0.15) is 0 Å². The molecule has 0 aliphatic carbocycles. The average molecular weight is 237 g/mol. The molecule has 0 bridgehead atoms. The van der Waals surface area contributed by atoms with Crippen molar-refractivity contribution in [1.29, 1.82) is 0 Å². The van der Waals surface area contributed by atoms with E-state index < -0.39 is 5.97 Å². The fourth-order valence-electron chi connectivity index (χ4n) is 2.04. The number of carbonyl (C=O) groups is 1. The highest BCUT2D eigenvalue weighted by atomic mass is 16.5. The molecule has 1 fully saturated rings. The molecule has 0 radical (unpaired) electrons. The molecule has 1 aliphatic rings. The molecule has 2 heterocycles. The molecule has 1 unspecified atom stereocenters. The molecule has 0 amide bonds. The van der Waals surface area contributed by atoms with Gasteiger partial charge in [-0.15, -0.1) is 0 Å². The number of hydrogen-bond donors (Lipinski definition) is 1. The van der Waals surface area contributed by atoms with E-state index in [-0.39, 0.29) is 11.8 Å². The number of nitrogens with zero attached hydrogens (tertiary/aromatic N) is 3. The van der Waals surface area contributed by atoms with Gasteiger partial charge < -0.3 is 14.7 Å². The molecule has 17 heavy (non-hydrogen) atoms. The summed E-state index contributed by atoms with van der Waals surface area (Å²) in [5.74, 6) is -0.616. The van der Waals surface area contributed by atoms with Crippen molar-refractivity contribution in [2.45, 2.75) is 18.9 Å². The number of methoxy groups -OCH3 is 1. The molecule has 0 saturated carbocycles. The van der Waals surface area contributed by atoms with Crippen molar-refractivity contribution < 1.29 is 14.6 Å². The van der Waals surface area contributed by atoms with Gasteiger partial charge >= 0.3 is 5.97 Å². The third-order valence-corrected chi connectivity index (χ3v) is 2.89. The molecule has 92 valence electrons. The van der Waals surface area contributed by atoms with E-state index >= 15 is 0 Å². The maximum Gasteiger partial charge on any atom is 0.358 e. The summed E-state index contributed by atoms with van der Waals surface area (Å²) in [7, 11) is 1.67. The molecule has 6 heteroatoms. The molecule has 2 rings (SSSR count). The van der Waals surface area contributed by atoms with Crippen molar-refractivity contribution in [2.24, 2.45) is 0 Å². The molecule has 1 atom stereocenters. The monoisotopic (exact) mass is 237 g/mol. The van der Waals surface area contributed by atoms with Gasteiger partial charge in [-0.3, -0.25) is 0 Å². The van der Waals surface area contributed by atoms with E-state index in [1.54, 1.807) is 7.11 Å². The summed E-state index contributed by atoms with van der Waals surface area (Å²) in [5.41, 5.74) is 0.00394. The minimum absolute atomic E-state index is 0.00394. The van der Waals surface area contributed by atoms with Gasteiger partial charge in [-0.1, -0.05) is 0 Å². The van der Waals surface area contributed by atoms with Gasteiger partial charge in [0.05, 0.1) is 6.10 Å². The molecule has 0 aromatic carbocycles. The van der Waals surface area contributed by atoms with Gasteiger partial charge in [0.15, 0.2) is 11.5 Å². The van der Waals surface area contributed by atoms with Crippen LogP contribution in [0.4, 0.5) is 5.82 Å². The predicted molar refractivity (Wildman–Crippen MR) is 61.2 cm³/mol. The third kappa shape index (κ3) is 2.52. The fraction of sp³-hybridized carbons (Fsp3) is 0.545. The molecule has 1 saturated heterocycles. The second-order valence-corrected chi connectivity index (χ2v) is 3.98. The van der Waals surface area contributed by atoms with Crippen LogP contribution in [0, 0.1) is 0 Å². The number of aromatic carboxylic acids is 1. The highest BCUT2D eigenvalue weighted by Crippen LogP contribution is 2.21. The van der Waals surface area contributed by atoms with Gasteiger partial charge in [0, 0.05) is 32.6 Å². The fourth-order valence-corrected chi connectivity index (χ4v) is 2.04. The van der Waals surface area contributed by atoms with E-state index in [0.717, 1.165) is 19.4 Å². The Hall–Kier alpha value is -1.69. The number of rotatable bonds is 3. The van der Waals surface area contributed by atoms with E-state index in [0.29, 0.717) is 12.4 Å². The van der Waals surface area contributed by atoms with Gasteiger partial charge in [0.25, 0.3) is 0 Å². The molecular weight excluding hydrogens is 222 g/mol. The van der Waals surface area contributed by atoms with Crippen LogP contribution in [-0.4, -0.2) is 47.3 Å². The average Bonchev–Trinajstić information content (AvgIpc) is 2.39. The van der Waals surface area contributed by atoms with Crippen LogP contribution in [0.25, 0.3) is 0 Å². The summed E-state index contributed by atoms with van der Waals surface area (Å²) >= 11 is 0. The molecule has 0 spiro atoms. The van der Waals surface area contributed by atoms with Crippen LogP contribution in [0.5, 0.6) is 0 Å². The first-order chi connectivity index (χ1) is 8.22. The molecule has 6 nitrogen and oxygen atoms in total. The predicted octanol–water partition coefficient (Wildman–Crippen LogP) is 0.790. The molecule has 1 aliphatic heterocycles. The summed E-state index contributed by atoms with van der Waals surface area (Å²) < 4.78 is 5.31. The van der Waals surface area contributed by atoms with E-state index in [1.807, 2.05) is 4.90 Å². The summed E-state index contributed by atoms with van der Waals surface area (Å²) in [4.78, 5) is 21.0. The normalized spacial score (nSPS) is 20.3. The molecule has 1 aromatic rings. The van der Waals surface area contributed by atoms with Crippen molar-refractivity contribution in [3.05, 3.63) is 18.1 Å². The second-order valence-electron chi connectivity index (χ2n) is 3.98. The number of carboxylic acids is 1. The Morgan fingerprint density at radius 2 is 2.29 bits per heavy atom. The zero-order valence-corrected chi connectivity index (χ0v) is 9.67. The number of hydrogen-bond acceptors (Lipinski definition) is 5. The highest BCUT2D eigenvalue weighted by Gasteiger charge is 2.24. The Morgan fingerprint density at radius 3 is 3.00 bits per heavy atom. The topological polar surface area (TPSA) is 75.5 Å². The summed E-state index contributed by atoms with van der Waals surface area (Å²) in [6.07, 6.45) is 5.00. The van der Waals surface area contributed by atoms with Gasteiger partial charge in [-0.25, -0.2) is 14.8 Å². The van der Waals surface area contributed by atoms with Crippen molar-refractivity contribution in [3.8, 4) is 0 Å². The third-order valence-electron chi connectivity index (χ3n) is 2.89. The van der Waals surface area contributed by atoms with Crippen molar-refractivity contribution in [1.82, 2.24) is 9.97 Å². The van der Waals surface area contributed by atoms with E-state index in [1.165, 1.54) is 12.4 Å². The Kier molecular flexibility index (Phi) is 3.53. The molecular formula is C11H15N3O3. The maximum absolute atomic E-state index is 11.1. The Morgan fingerprint density at radius 1 is 1.53 bits per heavy atom. The van der Waals surface area contributed by atoms with Gasteiger partial charge in [-0.2, -0.15) is 0 Å². The lowest BCUT2D eigenvalue weighted by Gasteiger charge is -2.32. The largest absolute Gasteiger partial charge is 0.476 e. The van der Waals surface area contributed by atoms with Crippen LogP contribution in [0.1, 0.15) is 23.3 Å². The van der Waals surface area contributed by atoms with Crippen LogP contribution in [-0.2, 0) is 4.74 Å².